The maximum Gasteiger partial charge on any atom is 0.351 e. The van der Waals surface area contributed by atoms with E-state index in [2.05, 4.69) is 19.8 Å². The highest BCUT2D eigenvalue weighted by Crippen LogP contribution is 2.31. The van der Waals surface area contributed by atoms with Crippen LogP contribution in [0.15, 0.2) is 18.3 Å². The van der Waals surface area contributed by atoms with Crippen molar-refractivity contribution in [3.8, 4) is 6.07 Å². The molecule has 1 aliphatic rings. The molecule has 0 aromatic carbocycles. The number of nitriles is 1. The number of hydrogen-bond donors (Lipinski definition) is 0. The van der Waals surface area contributed by atoms with Crippen molar-refractivity contribution in [1.82, 2.24) is 9.97 Å². The van der Waals surface area contributed by atoms with Crippen LogP contribution >= 0.6 is 22.9 Å². The molecule has 0 saturated carbocycles. The summed E-state index contributed by atoms with van der Waals surface area (Å²) in [7, 11) is 1.32. The van der Waals surface area contributed by atoms with Crippen molar-refractivity contribution in [2.45, 2.75) is 0 Å². The summed E-state index contributed by atoms with van der Waals surface area (Å²) >= 11 is 7.26. The Hall–Kier alpha value is -2.37. The first-order chi connectivity index (χ1) is 11.6. The Kier molecular flexibility index (Phi) is 4.83. The predicted molar refractivity (Wildman–Crippen MR) is 91.8 cm³/mol. The van der Waals surface area contributed by atoms with E-state index >= 15 is 0 Å². The van der Waals surface area contributed by atoms with Crippen molar-refractivity contribution in [2.75, 3.05) is 43.1 Å². The van der Waals surface area contributed by atoms with Gasteiger partial charge < -0.3 is 14.5 Å². The Balaban J connectivity index is 1.66. The molecule has 124 valence electrons. The van der Waals surface area contributed by atoms with Crippen molar-refractivity contribution in [2.24, 2.45) is 0 Å². The number of ether oxygens (including phenoxy) is 1. The topological polar surface area (TPSA) is 82.4 Å². The summed E-state index contributed by atoms with van der Waals surface area (Å²) in [5.74, 6) is -0.467. The lowest BCUT2D eigenvalue weighted by Crippen LogP contribution is -2.46. The van der Waals surface area contributed by atoms with Crippen LogP contribution < -0.4 is 9.80 Å². The first-order valence-electron chi connectivity index (χ1n) is 7.23. The monoisotopic (exact) mass is 363 g/mol. The SMILES string of the molecule is COC(=O)c1sc(N2CCN(c3ccc(C#N)nc3)CC2)nc1Cl. The molecule has 0 radical (unpaired) electrons. The number of pyridine rings is 1. The molecule has 24 heavy (non-hydrogen) atoms. The Morgan fingerprint density at radius 2 is 2.04 bits per heavy atom. The Morgan fingerprint density at radius 1 is 1.33 bits per heavy atom. The molecule has 0 amide bonds. The third-order valence-corrected chi connectivity index (χ3v) is 5.20. The molecular formula is C15H14ClN5O2S. The van der Waals surface area contributed by atoms with Crippen molar-refractivity contribution in [1.29, 1.82) is 5.26 Å². The second kappa shape index (κ2) is 7.03. The molecule has 0 atom stereocenters. The van der Waals surface area contributed by atoms with Gasteiger partial charge in [0, 0.05) is 26.2 Å². The van der Waals surface area contributed by atoms with Crippen LogP contribution in [-0.4, -0.2) is 49.2 Å². The Morgan fingerprint density at radius 3 is 2.62 bits per heavy atom. The summed E-state index contributed by atoms with van der Waals surface area (Å²) in [5, 5.41) is 9.70. The van der Waals surface area contributed by atoms with E-state index in [4.69, 9.17) is 21.6 Å². The lowest BCUT2D eigenvalue weighted by molar-refractivity contribution is 0.0606. The Bertz CT molecular complexity index is 778. The summed E-state index contributed by atoms with van der Waals surface area (Å²) in [4.78, 5) is 24.6. The van der Waals surface area contributed by atoms with Gasteiger partial charge in [0.05, 0.1) is 19.0 Å². The number of aromatic nitrogens is 2. The van der Waals surface area contributed by atoms with Crippen LogP contribution in [0, 0.1) is 11.3 Å². The van der Waals surface area contributed by atoms with Crippen LogP contribution in [0.5, 0.6) is 0 Å². The predicted octanol–water partition coefficient (Wildman–Crippen LogP) is 2.18. The molecular weight excluding hydrogens is 350 g/mol. The number of nitrogens with zero attached hydrogens (tertiary/aromatic N) is 5. The number of carbonyl (C=O) groups excluding carboxylic acids is 1. The fourth-order valence-electron chi connectivity index (χ4n) is 2.44. The van der Waals surface area contributed by atoms with Gasteiger partial charge in [-0.05, 0) is 12.1 Å². The zero-order chi connectivity index (χ0) is 17.1. The van der Waals surface area contributed by atoms with Crippen molar-refractivity contribution < 1.29 is 9.53 Å². The molecule has 2 aromatic rings. The number of rotatable bonds is 3. The van der Waals surface area contributed by atoms with Crippen LogP contribution in [0.2, 0.25) is 5.15 Å². The highest BCUT2D eigenvalue weighted by Gasteiger charge is 2.24. The average Bonchev–Trinajstić information content (AvgIpc) is 3.03. The minimum absolute atomic E-state index is 0.181. The van der Waals surface area contributed by atoms with E-state index in [-0.39, 0.29) is 5.15 Å². The molecule has 0 bridgehead atoms. The van der Waals surface area contributed by atoms with E-state index in [0.717, 1.165) is 37.0 Å². The first-order valence-corrected chi connectivity index (χ1v) is 8.42. The van der Waals surface area contributed by atoms with Crippen molar-refractivity contribution >= 4 is 39.7 Å². The van der Waals surface area contributed by atoms with Gasteiger partial charge in [-0.1, -0.05) is 22.9 Å². The summed E-state index contributed by atoms with van der Waals surface area (Å²) in [6.07, 6.45) is 1.71. The zero-order valence-electron chi connectivity index (χ0n) is 12.9. The number of thiazole rings is 1. The molecule has 0 unspecified atom stereocenters. The molecule has 3 rings (SSSR count). The molecule has 3 heterocycles. The van der Waals surface area contributed by atoms with E-state index in [1.54, 1.807) is 12.3 Å². The van der Waals surface area contributed by atoms with E-state index in [0.29, 0.717) is 10.6 Å². The molecule has 0 spiro atoms. The number of piperazine rings is 1. The van der Waals surface area contributed by atoms with Gasteiger partial charge >= 0.3 is 5.97 Å². The number of esters is 1. The van der Waals surface area contributed by atoms with Gasteiger partial charge in [-0.2, -0.15) is 5.26 Å². The van der Waals surface area contributed by atoms with Gasteiger partial charge in [-0.25, -0.2) is 14.8 Å². The molecule has 9 heteroatoms. The van der Waals surface area contributed by atoms with Gasteiger partial charge in [0.1, 0.15) is 11.8 Å². The van der Waals surface area contributed by atoms with E-state index in [1.807, 2.05) is 12.1 Å². The van der Waals surface area contributed by atoms with Gasteiger partial charge in [-0.15, -0.1) is 0 Å². The zero-order valence-corrected chi connectivity index (χ0v) is 14.5. The number of hydrogen-bond acceptors (Lipinski definition) is 8. The number of halogens is 1. The minimum atomic E-state index is -0.467. The van der Waals surface area contributed by atoms with Crippen LogP contribution in [0.1, 0.15) is 15.4 Å². The molecule has 7 nitrogen and oxygen atoms in total. The third-order valence-electron chi connectivity index (χ3n) is 3.72. The number of carbonyl (C=O) groups is 1. The van der Waals surface area contributed by atoms with Gasteiger partial charge in [0.2, 0.25) is 0 Å². The summed E-state index contributed by atoms with van der Waals surface area (Å²) in [5.41, 5.74) is 1.39. The summed E-state index contributed by atoms with van der Waals surface area (Å²) in [6, 6.07) is 5.63. The van der Waals surface area contributed by atoms with Gasteiger partial charge in [0.25, 0.3) is 0 Å². The lowest BCUT2D eigenvalue weighted by atomic mass is 10.2. The molecule has 2 aromatic heterocycles. The first kappa shape index (κ1) is 16.5. The van der Waals surface area contributed by atoms with Crippen LogP contribution in [0.3, 0.4) is 0 Å². The van der Waals surface area contributed by atoms with E-state index < -0.39 is 5.97 Å². The fourth-order valence-corrected chi connectivity index (χ4v) is 3.69. The average molecular weight is 364 g/mol. The van der Waals surface area contributed by atoms with Gasteiger partial charge in [0.15, 0.2) is 15.2 Å². The van der Waals surface area contributed by atoms with E-state index in [9.17, 15) is 4.79 Å². The second-order valence-corrected chi connectivity index (χ2v) is 6.43. The quantitative estimate of drug-likeness (QED) is 0.773. The van der Waals surface area contributed by atoms with E-state index in [1.165, 1.54) is 18.4 Å². The second-order valence-electron chi connectivity index (χ2n) is 5.10. The minimum Gasteiger partial charge on any atom is -0.465 e. The summed E-state index contributed by atoms with van der Waals surface area (Å²) in [6.45, 7) is 3.09. The number of anilines is 2. The van der Waals surface area contributed by atoms with Crippen LogP contribution in [-0.2, 0) is 4.74 Å². The number of methoxy groups -OCH3 is 1. The molecule has 0 N–H and O–H groups in total. The van der Waals surface area contributed by atoms with Crippen molar-refractivity contribution in [3.63, 3.8) is 0 Å². The highest BCUT2D eigenvalue weighted by atomic mass is 35.5. The van der Waals surface area contributed by atoms with Gasteiger partial charge in [-0.3, -0.25) is 0 Å². The largest absolute Gasteiger partial charge is 0.465 e. The highest BCUT2D eigenvalue weighted by molar-refractivity contribution is 7.18. The molecule has 1 saturated heterocycles. The normalized spacial score (nSPS) is 14.4. The Labute approximate surface area is 148 Å². The molecule has 0 aliphatic carbocycles. The van der Waals surface area contributed by atoms with Crippen LogP contribution in [0.25, 0.3) is 0 Å². The van der Waals surface area contributed by atoms with Crippen molar-refractivity contribution in [3.05, 3.63) is 34.1 Å². The summed E-state index contributed by atoms with van der Waals surface area (Å²) < 4.78 is 4.70. The molecule has 1 aliphatic heterocycles. The third kappa shape index (κ3) is 3.27. The van der Waals surface area contributed by atoms with Crippen LogP contribution in [0.4, 0.5) is 10.8 Å². The lowest BCUT2D eigenvalue weighted by Gasteiger charge is -2.35. The maximum absolute atomic E-state index is 11.6. The maximum atomic E-state index is 11.6. The standard InChI is InChI=1S/C15H14ClN5O2S/c1-23-14(22)12-13(16)19-15(24-12)21-6-4-20(5-7-21)11-3-2-10(8-17)18-9-11/h2-3,9H,4-7H2,1H3. The smallest absolute Gasteiger partial charge is 0.351 e. The molecule has 1 fully saturated rings. The fraction of sp³-hybridized carbons (Fsp3) is 0.333.